The fourth-order valence-electron chi connectivity index (χ4n) is 11.6. The average molecular weight is 789 g/mol. The Morgan fingerprint density at radius 2 is 0.828 bits per heavy atom. The minimum atomic E-state index is -0.129. The molecule has 4 fully saturated rings. The van der Waals surface area contributed by atoms with Crippen molar-refractivity contribution in [3.8, 4) is 11.5 Å². The Morgan fingerprint density at radius 3 is 1.19 bits per heavy atom. The van der Waals surface area contributed by atoms with Crippen LogP contribution < -0.4 is 30.7 Å². The summed E-state index contributed by atoms with van der Waals surface area (Å²) in [5.74, 6) is 2.73. The van der Waals surface area contributed by atoms with Crippen molar-refractivity contribution in [2.24, 2.45) is 11.8 Å². The highest BCUT2D eigenvalue weighted by atomic mass is 16.5. The third-order valence-corrected chi connectivity index (χ3v) is 14.6. The van der Waals surface area contributed by atoms with Crippen molar-refractivity contribution >= 4 is 12.1 Å². The van der Waals surface area contributed by atoms with Gasteiger partial charge in [-0.15, -0.1) is 0 Å². The molecule has 4 atom stereocenters. The number of hydrogen-bond donors (Lipinski definition) is 4. The van der Waals surface area contributed by atoms with E-state index in [9.17, 15) is 9.59 Å². The second-order valence-electron chi connectivity index (χ2n) is 17.9. The molecule has 3 aromatic carbocycles. The Kier molecular flexibility index (Phi) is 12.4. The number of fused-ring (bicyclic) bond motifs is 10. The number of carbonyl (C=O) groups is 2. The van der Waals surface area contributed by atoms with E-state index in [0.29, 0.717) is 62.0 Å². The molecule has 2 aliphatic carbocycles. The topological polar surface area (TPSA) is 107 Å². The predicted octanol–water partition coefficient (Wildman–Crippen LogP) is 8.72. The van der Waals surface area contributed by atoms with Crippen LogP contribution in [0.5, 0.6) is 11.5 Å². The van der Waals surface area contributed by atoms with Crippen LogP contribution in [0.3, 0.4) is 0 Å². The molecule has 9 rings (SSSR count). The first kappa shape index (κ1) is 39.2. The lowest BCUT2D eigenvalue weighted by atomic mass is 9.84. The maximum absolute atomic E-state index is 12.7. The fraction of sp³-hybridized carbons (Fsp3) is 0.583. The molecule has 0 spiro atoms. The molecular formula is C48H64N6O4. The normalized spacial score (nSPS) is 28.4. The second-order valence-corrected chi connectivity index (χ2v) is 17.9. The third kappa shape index (κ3) is 8.83. The van der Waals surface area contributed by atoms with Crippen molar-refractivity contribution < 1.29 is 19.1 Å². The lowest BCUT2D eigenvalue weighted by Gasteiger charge is -2.31. The van der Waals surface area contributed by atoms with Crippen LogP contribution in [0, 0.1) is 11.8 Å². The molecule has 2 saturated carbocycles. The molecule has 1 unspecified atom stereocenters. The van der Waals surface area contributed by atoms with Gasteiger partial charge in [-0.25, -0.2) is 9.59 Å². The van der Waals surface area contributed by atoms with E-state index >= 15 is 0 Å². The molecular weight excluding hydrogens is 725 g/mol. The molecule has 58 heavy (non-hydrogen) atoms. The number of urea groups is 2. The summed E-state index contributed by atoms with van der Waals surface area (Å²) in [7, 11) is 0. The number of hydrogen-bond acceptors (Lipinski definition) is 6. The van der Waals surface area contributed by atoms with E-state index in [4.69, 9.17) is 9.47 Å². The molecule has 0 radical (unpaired) electrons. The van der Waals surface area contributed by atoms with E-state index < -0.39 is 0 Å². The summed E-state index contributed by atoms with van der Waals surface area (Å²) >= 11 is 0. The van der Waals surface area contributed by atoms with Gasteiger partial charge in [0.15, 0.2) is 11.5 Å². The zero-order valence-corrected chi connectivity index (χ0v) is 34.2. The van der Waals surface area contributed by atoms with E-state index in [1.54, 1.807) is 22.3 Å². The van der Waals surface area contributed by atoms with E-state index in [2.05, 4.69) is 79.6 Å². The number of ether oxygens (including phenoxy) is 2. The smallest absolute Gasteiger partial charge is 0.315 e. The van der Waals surface area contributed by atoms with E-state index in [1.807, 2.05) is 24.3 Å². The zero-order valence-electron chi connectivity index (χ0n) is 34.2. The van der Waals surface area contributed by atoms with Crippen molar-refractivity contribution in [3.05, 3.63) is 95.1 Å². The van der Waals surface area contributed by atoms with Crippen molar-refractivity contribution in [2.45, 2.75) is 126 Å². The van der Waals surface area contributed by atoms with Crippen LogP contribution in [0.4, 0.5) is 9.59 Å². The quantitative estimate of drug-likeness (QED) is 0.108. The van der Waals surface area contributed by atoms with Gasteiger partial charge in [0.2, 0.25) is 0 Å². The number of carbonyl (C=O) groups excluding carboxylic acids is 2. The number of benzene rings is 3. The first-order chi connectivity index (χ1) is 28.6. The maximum atomic E-state index is 12.7. The highest BCUT2D eigenvalue weighted by Gasteiger charge is 2.44. The molecule has 4 N–H and O–H groups in total. The Bertz CT molecular complexity index is 1660. The summed E-state index contributed by atoms with van der Waals surface area (Å²) in [5, 5.41) is 12.3. The lowest BCUT2D eigenvalue weighted by Crippen LogP contribution is -2.44. The van der Waals surface area contributed by atoms with Crippen LogP contribution >= 0.6 is 0 Å². The van der Waals surface area contributed by atoms with Crippen LogP contribution in [-0.2, 0) is 0 Å². The predicted molar refractivity (Wildman–Crippen MR) is 227 cm³/mol. The molecule has 10 heteroatoms. The van der Waals surface area contributed by atoms with Crippen molar-refractivity contribution in [2.75, 3.05) is 39.4 Å². The van der Waals surface area contributed by atoms with Gasteiger partial charge in [-0.2, -0.15) is 0 Å². The molecule has 4 amide bonds. The molecule has 10 nitrogen and oxygen atoms in total. The minimum Gasteiger partial charge on any atom is -0.488 e. The minimum absolute atomic E-state index is 0.129. The molecule has 310 valence electrons. The lowest BCUT2D eigenvalue weighted by molar-refractivity contribution is 0.185. The van der Waals surface area contributed by atoms with Crippen LogP contribution in [0.15, 0.2) is 72.8 Å². The van der Waals surface area contributed by atoms with Crippen LogP contribution in [0.2, 0.25) is 0 Å². The van der Waals surface area contributed by atoms with Gasteiger partial charge in [0.05, 0.1) is 13.1 Å². The van der Waals surface area contributed by atoms with Crippen molar-refractivity contribution in [1.82, 2.24) is 31.1 Å². The summed E-state index contributed by atoms with van der Waals surface area (Å²) in [6.07, 6.45) is 16.6. The summed E-state index contributed by atoms with van der Waals surface area (Å²) < 4.78 is 12.0. The Balaban J connectivity index is 0.603. The standard InChI is InChI=1S/C48H64N6O4/c55-47(51-35-17-13-33(14-18-35)25-29-53-41-21-22-42(53)38-8-2-1-7-37(38)41)49-27-31-57-45-11-5-6-12-46(45)58-32-28-50-48(56)52-36-19-15-34(16-20-36)26-30-54-43-23-24-44(54)40-10-4-3-9-39(40)43/h1-12,33-36,41-44H,13-32H2,(H2,49,51,55)(H2,50,52,56)/t33?,34?,35?,36?,41-,42+,43-,44?/m1/s1. The second kappa shape index (κ2) is 18.3. The summed E-state index contributed by atoms with van der Waals surface area (Å²) in [5.41, 5.74) is 6.26. The molecule has 4 bridgehead atoms. The van der Waals surface area contributed by atoms with Gasteiger partial charge in [-0.05, 0) is 149 Å². The average Bonchev–Trinajstić information content (AvgIpc) is 4.02. The largest absolute Gasteiger partial charge is 0.488 e. The third-order valence-electron chi connectivity index (χ3n) is 14.6. The summed E-state index contributed by atoms with van der Waals surface area (Å²) in [4.78, 5) is 30.9. The van der Waals surface area contributed by atoms with Gasteiger partial charge in [-0.3, -0.25) is 9.80 Å². The van der Waals surface area contributed by atoms with Gasteiger partial charge < -0.3 is 30.7 Å². The van der Waals surface area contributed by atoms with Crippen molar-refractivity contribution in [1.29, 1.82) is 0 Å². The van der Waals surface area contributed by atoms with Crippen molar-refractivity contribution in [3.63, 3.8) is 0 Å². The van der Waals surface area contributed by atoms with Crippen LogP contribution in [-0.4, -0.2) is 73.3 Å². The van der Waals surface area contributed by atoms with E-state index in [1.165, 1.54) is 77.3 Å². The van der Waals surface area contributed by atoms with Crippen LogP contribution in [0.1, 0.15) is 136 Å². The zero-order chi connectivity index (χ0) is 39.3. The highest BCUT2D eigenvalue weighted by molar-refractivity contribution is 5.74. The Labute approximate surface area is 345 Å². The molecule has 4 heterocycles. The summed E-state index contributed by atoms with van der Waals surface area (Å²) in [6, 6.07) is 28.3. The van der Waals surface area contributed by atoms with E-state index in [-0.39, 0.29) is 24.1 Å². The number of nitrogens with one attached hydrogen (secondary N) is 4. The molecule has 6 aliphatic rings. The monoisotopic (exact) mass is 788 g/mol. The fourth-order valence-corrected chi connectivity index (χ4v) is 11.6. The van der Waals surface area contributed by atoms with Gasteiger partial charge >= 0.3 is 12.1 Å². The Morgan fingerprint density at radius 1 is 0.483 bits per heavy atom. The first-order valence-electron chi connectivity index (χ1n) is 22.7. The first-order valence-corrected chi connectivity index (χ1v) is 22.7. The SMILES string of the molecule is O=C(NCCOc1ccccc1OCCNC(=O)NC1CCC(CCN2[C@@H]3CC[C@H]2c2ccccc23)CC1)NC1CCC(CCN2C3CC[C@@H]2c2ccccc23)CC1. The van der Waals surface area contributed by atoms with Gasteiger partial charge in [0.25, 0.3) is 0 Å². The van der Waals surface area contributed by atoms with Gasteiger partial charge in [0.1, 0.15) is 13.2 Å². The maximum Gasteiger partial charge on any atom is 0.315 e. The van der Waals surface area contributed by atoms with Gasteiger partial charge in [-0.1, -0.05) is 60.7 Å². The molecule has 2 saturated heterocycles. The Hall–Kier alpha value is -4.28. The number of rotatable bonds is 16. The van der Waals surface area contributed by atoms with E-state index in [0.717, 1.165) is 37.5 Å². The molecule has 3 aromatic rings. The number of amides is 4. The van der Waals surface area contributed by atoms with Crippen LogP contribution in [0.25, 0.3) is 0 Å². The highest BCUT2D eigenvalue weighted by Crippen LogP contribution is 2.54. The van der Waals surface area contributed by atoms with Gasteiger partial charge in [0, 0.05) is 36.3 Å². The number of nitrogens with zero attached hydrogens (tertiary/aromatic N) is 2. The number of para-hydroxylation sites is 2. The summed E-state index contributed by atoms with van der Waals surface area (Å²) in [6.45, 7) is 3.83. The molecule has 4 aliphatic heterocycles. The molecule has 0 aromatic heterocycles.